The molecule has 78 valence electrons. The van der Waals surface area contributed by atoms with Gasteiger partial charge in [-0.3, -0.25) is 0 Å². The van der Waals surface area contributed by atoms with Gasteiger partial charge < -0.3 is 4.74 Å². The van der Waals surface area contributed by atoms with Crippen LogP contribution in [-0.4, -0.2) is 22.3 Å². The van der Waals surface area contributed by atoms with E-state index in [1.54, 1.807) is 19.1 Å². The van der Waals surface area contributed by atoms with Crippen LogP contribution in [0.3, 0.4) is 0 Å². The molecule has 0 spiro atoms. The summed E-state index contributed by atoms with van der Waals surface area (Å²) >= 11 is 0. The van der Waals surface area contributed by atoms with Crippen LogP contribution in [0.2, 0.25) is 0 Å². The van der Waals surface area contributed by atoms with Gasteiger partial charge in [0.05, 0.1) is 6.61 Å². The third kappa shape index (κ3) is 1.68. The minimum atomic E-state index is -0.619. The van der Waals surface area contributed by atoms with Gasteiger partial charge in [-0.2, -0.15) is 4.39 Å². The molecule has 0 N–H and O–H groups in total. The Kier molecular flexibility index (Phi) is 2.37. The number of rotatable bonds is 1. The van der Waals surface area contributed by atoms with Crippen molar-refractivity contribution in [3.63, 3.8) is 0 Å². The maximum Gasteiger partial charge on any atom is 0.419 e. The second kappa shape index (κ2) is 3.68. The summed E-state index contributed by atoms with van der Waals surface area (Å²) in [4.78, 5) is 15.0. The van der Waals surface area contributed by atoms with Gasteiger partial charge in [-0.05, 0) is 25.1 Å². The predicted octanol–water partition coefficient (Wildman–Crippen LogP) is 2.18. The van der Waals surface area contributed by atoms with Gasteiger partial charge in [0.25, 0.3) is 0 Å². The van der Waals surface area contributed by atoms with Crippen LogP contribution in [-0.2, 0) is 4.74 Å². The molecule has 0 aromatic carbocycles. The first-order valence-electron chi connectivity index (χ1n) is 4.53. The maximum absolute atomic E-state index is 12.9. The Labute approximate surface area is 85.3 Å². The molecule has 0 radical (unpaired) electrons. The zero-order valence-corrected chi connectivity index (χ0v) is 8.11. The Morgan fingerprint density at radius 2 is 2.33 bits per heavy atom. The molecule has 2 rings (SSSR count). The number of ether oxygens (including phenoxy) is 1. The second-order valence-corrected chi connectivity index (χ2v) is 2.93. The predicted molar refractivity (Wildman–Crippen MR) is 52.1 cm³/mol. The molecule has 0 unspecified atom stereocenters. The first-order valence-corrected chi connectivity index (χ1v) is 4.53. The summed E-state index contributed by atoms with van der Waals surface area (Å²) in [7, 11) is 0. The molecule has 0 aliphatic carbocycles. The standard InChI is InChI=1S/C10H9FN2O2/c1-2-15-10(14)13-6-5-7-3-4-8(11)12-9(7)13/h3-6H,2H2,1H3. The summed E-state index contributed by atoms with van der Waals surface area (Å²) < 4.78 is 18.8. The third-order valence-corrected chi connectivity index (χ3v) is 1.97. The Morgan fingerprint density at radius 1 is 1.53 bits per heavy atom. The van der Waals surface area contributed by atoms with E-state index in [0.29, 0.717) is 5.39 Å². The lowest BCUT2D eigenvalue weighted by Gasteiger charge is -2.02. The number of carbonyl (C=O) groups excluding carboxylic acids is 1. The zero-order chi connectivity index (χ0) is 10.8. The van der Waals surface area contributed by atoms with Crippen LogP contribution in [0.25, 0.3) is 11.0 Å². The van der Waals surface area contributed by atoms with Crippen LogP contribution in [0.5, 0.6) is 0 Å². The van der Waals surface area contributed by atoms with Crippen LogP contribution >= 0.6 is 0 Å². The topological polar surface area (TPSA) is 44.1 Å². The first-order chi connectivity index (χ1) is 7.22. The van der Waals surface area contributed by atoms with Crippen molar-refractivity contribution in [2.45, 2.75) is 6.92 Å². The molecule has 0 amide bonds. The van der Waals surface area contributed by atoms with Gasteiger partial charge >= 0.3 is 6.09 Å². The van der Waals surface area contributed by atoms with E-state index in [9.17, 15) is 9.18 Å². The highest BCUT2D eigenvalue weighted by Crippen LogP contribution is 2.13. The Morgan fingerprint density at radius 3 is 3.07 bits per heavy atom. The van der Waals surface area contributed by atoms with Gasteiger partial charge in [-0.15, -0.1) is 0 Å². The molecule has 0 atom stereocenters. The van der Waals surface area contributed by atoms with Gasteiger partial charge in [0.15, 0.2) is 5.65 Å². The summed E-state index contributed by atoms with van der Waals surface area (Å²) in [6, 6.07) is 4.49. The first kappa shape index (κ1) is 9.64. The van der Waals surface area contributed by atoms with Gasteiger partial charge in [0.1, 0.15) is 0 Å². The third-order valence-electron chi connectivity index (χ3n) is 1.97. The van der Waals surface area contributed by atoms with Crippen LogP contribution in [0.1, 0.15) is 6.92 Å². The number of carbonyl (C=O) groups is 1. The van der Waals surface area contributed by atoms with Crippen LogP contribution in [0, 0.1) is 5.95 Å². The maximum atomic E-state index is 12.9. The normalized spacial score (nSPS) is 10.5. The van der Waals surface area contributed by atoms with E-state index in [4.69, 9.17) is 4.74 Å². The van der Waals surface area contributed by atoms with E-state index in [2.05, 4.69) is 4.98 Å². The molecule has 4 nitrogen and oxygen atoms in total. The van der Waals surface area contributed by atoms with E-state index in [1.165, 1.54) is 16.8 Å². The molecule has 15 heavy (non-hydrogen) atoms. The summed E-state index contributed by atoms with van der Waals surface area (Å²) in [6.45, 7) is 1.98. The molecule has 0 saturated carbocycles. The number of aromatic nitrogens is 2. The fourth-order valence-corrected chi connectivity index (χ4v) is 1.32. The zero-order valence-electron chi connectivity index (χ0n) is 8.11. The fraction of sp³-hybridized carbons (Fsp3) is 0.200. The SMILES string of the molecule is CCOC(=O)n1ccc2ccc(F)nc21. The average Bonchev–Trinajstić information content (AvgIpc) is 2.60. The van der Waals surface area contributed by atoms with Crippen LogP contribution in [0.4, 0.5) is 9.18 Å². The molecule has 2 aromatic heterocycles. The summed E-state index contributed by atoms with van der Waals surface area (Å²) in [6.07, 6.45) is 0.959. The number of pyridine rings is 1. The minimum absolute atomic E-state index is 0.272. The van der Waals surface area contributed by atoms with Crippen molar-refractivity contribution in [3.05, 3.63) is 30.3 Å². The van der Waals surface area contributed by atoms with Crippen molar-refractivity contribution in [1.82, 2.24) is 9.55 Å². The van der Waals surface area contributed by atoms with E-state index >= 15 is 0 Å². The van der Waals surface area contributed by atoms with Gasteiger partial charge in [0.2, 0.25) is 5.95 Å². The Hall–Kier alpha value is -1.91. The molecule has 0 fully saturated rings. The largest absolute Gasteiger partial charge is 0.449 e. The summed E-state index contributed by atoms with van der Waals surface area (Å²) in [5.74, 6) is -0.619. The molecule has 5 heteroatoms. The molecule has 0 aliphatic rings. The second-order valence-electron chi connectivity index (χ2n) is 2.93. The van der Waals surface area contributed by atoms with Crippen molar-refractivity contribution in [2.75, 3.05) is 6.61 Å². The van der Waals surface area contributed by atoms with Crippen molar-refractivity contribution in [1.29, 1.82) is 0 Å². The van der Waals surface area contributed by atoms with E-state index in [0.717, 1.165) is 0 Å². The van der Waals surface area contributed by atoms with Crippen molar-refractivity contribution in [2.24, 2.45) is 0 Å². The molecule has 2 heterocycles. The Bertz CT molecular complexity index is 507. The van der Waals surface area contributed by atoms with Crippen molar-refractivity contribution in [3.8, 4) is 0 Å². The van der Waals surface area contributed by atoms with Gasteiger partial charge in [-0.25, -0.2) is 14.3 Å². The summed E-state index contributed by atoms with van der Waals surface area (Å²) in [5, 5.41) is 0.699. The minimum Gasteiger partial charge on any atom is -0.449 e. The molecular weight excluding hydrogens is 199 g/mol. The van der Waals surface area contributed by atoms with Gasteiger partial charge in [0, 0.05) is 11.6 Å². The monoisotopic (exact) mass is 208 g/mol. The number of nitrogens with zero attached hydrogens (tertiary/aromatic N) is 2. The molecule has 0 aliphatic heterocycles. The highest BCUT2D eigenvalue weighted by atomic mass is 19.1. The quantitative estimate of drug-likeness (QED) is 0.674. The number of hydrogen-bond acceptors (Lipinski definition) is 3. The van der Waals surface area contributed by atoms with Crippen molar-refractivity contribution < 1.29 is 13.9 Å². The van der Waals surface area contributed by atoms with E-state index in [-0.39, 0.29) is 12.3 Å². The van der Waals surface area contributed by atoms with Gasteiger partial charge in [-0.1, -0.05) is 0 Å². The van der Waals surface area contributed by atoms with E-state index in [1.807, 2.05) is 0 Å². The highest BCUT2D eigenvalue weighted by Gasteiger charge is 2.10. The molecule has 0 bridgehead atoms. The molecule has 0 saturated heterocycles. The number of halogens is 1. The van der Waals surface area contributed by atoms with Crippen LogP contribution < -0.4 is 0 Å². The number of hydrogen-bond donors (Lipinski definition) is 0. The Balaban J connectivity index is 2.52. The molecule has 2 aromatic rings. The van der Waals surface area contributed by atoms with Crippen LogP contribution in [0.15, 0.2) is 24.4 Å². The smallest absolute Gasteiger partial charge is 0.419 e. The number of fused-ring (bicyclic) bond motifs is 1. The highest BCUT2D eigenvalue weighted by molar-refractivity contribution is 5.86. The van der Waals surface area contributed by atoms with Crippen molar-refractivity contribution >= 4 is 17.1 Å². The lowest BCUT2D eigenvalue weighted by atomic mass is 10.3. The fourth-order valence-electron chi connectivity index (χ4n) is 1.32. The molecular formula is C10H9FN2O2. The average molecular weight is 208 g/mol. The van der Waals surface area contributed by atoms with E-state index < -0.39 is 12.0 Å². The summed E-state index contributed by atoms with van der Waals surface area (Å²) in [5.41, 5.74) is 0.272. The lowest BCUT2D eigenvalue weighted by Crippen LogP contribution is -2.12. The lowest BCUT2D eigenvalue weighted by molar-refractivity contribution is 0.155.